The summed E-state index contributed by atoms with van der Waals surface area (Å²) < 4.78 is 18.2. The summed E-state index contributed by atoms with van der Waals surface area (Å²) in [6.07, 6.45) is 6.53. The van der Waals surface area contributed by atoms with Gasteiger partial charge in [0.25, 0.3) is 0 Å². The van der Waals surface area contributed by atoms with E-state index in [0.29, 0.717) is 36.2 Å². The molecule has 2 amide bonds. The molecule has 0 radical (unpaired) electrons. The third-order valence-electron chi connectivity index (χ3n) is 11.3. The second kappa shape index (κ2) is 15.1. The third-order valence-corrected chi connectivity index (χ3v) is 11.3. The highest BCUT2D eigenvalue weighted by molar-refractivity contribution is 5.89. The highest BCUT2D eigenvalue weighted by Gasteiger charge is 2.56. The van der Waals surface area contributed by atoms with Gasteiger partial charge in [-0.3, -0.25) is 14.9 Å². The lowest BCUT2D eigenvalue weighted by atomic mass is 9.53. The van der Waals surface area contributed by atoms with Gasteiger partial charge in [0.15, 0.2) is 0 Å². The van der Waals surface area contributed by atoms with Crippen LogP contribution in [0.5, 0.6) is 0 Å². The predicted octanol–water partition coefficient (Wildman–Crippen LogP) is 1.91. The molecule has 270 valence electrons. The number of aliphatic carboxylic acids is 1. The minimum atomic E-state index is -2.11. The van der Waals surface area contributed by atoms with Crippen molar-refractivity contribution in [2.75, 3.05) is 13.2 Å². The molecule has 13 nitrogen and oxygen atoms in total. The third kappa shape index (κ3) is 8.07. The lowest BCUT2D eigenvalue weighted by Gasteiger charge is -2.57. The van der Waals surface area contributed by atoms with Crippen LogP contribution in [-0.4, -0.2) is 101 Å². The average molecular weight is 677 g/mol. The van der Waals surface area contributed by atoms with Gasteiger partial charge in [-0.15, -0.1) is 0 Å². The number of hydrogen-bond acceptors (Lipinski definition) is 10. The summed E-state index contributed by atoms with van der Waals surface area (Å²) in [5, 5.41) is 35.0. The number of nitrogens with one attached hydrogen (secondary N) is 4. The van der Waals surface area contributed by atoms with Crippen LogP contribution < -0.4 is 21.3 Å². The molecule has 6 rings (SSSR count). The van der Waals surface area contributed by atoms with Crippen molar-refractivity contribution in [1.82, 2.24) is 21.3 Å². The van der Waals surface area contributed by atoms with Crippen molar-refractivity contribution in [2.45, 2.75) is 153 Å². The Morgan fingerprint density at radius 3 is 2.04 bits per heavy atom. The average Bonchev–Trinajstić information content (AvgIpc) is 3.00. The van der Waals surface area contributed by atoms with E-state index in [1.807, 2.05) is 13.8 Å². The van der Waals surface area contributed by atoms with Crippen LogP contribution in [0, 0.1) is 17.8 Å². The van der Waals surface area contributed by atoms with Crippen LogP contribution in [0.4, 0.5) is 0 Å². The van der Waals surface area contributed by atoms with Gasteiger partial charge in [0.05, 0.1) is 43.1 Å². The summed E-state index contributed by atoms with van der Waals surface area (Å²) in [5.41, 5.74) is -1.89. The quantitative estimate of drug-likeness (QED) is 0.148. The number of aliphatic hydroxyl groups is 1. The van der Waals surface area contributed by atoms with Crippen molar-refractivity contribution >= 4 is 23.8 Å². The Labute approximate surface area is 283 Å². The summed E-state index contributed by atoms with van der Waals surface area (Å²) in [6, 6.07) is -2.47. The summed E-state index contributed by atoms with van der Waals surface area (Å²) in [7, 11) is 0. The molecule has 0 aromatic carbocycles. The molecule has 4 saturated carbocycles. The first-order chi connectivity index (χ1) is 22.8. The van der Waals surface area contributed by atoms with Crippen LogP contribution in [-0.2, 0) is 33.4 Å². The number of ether oxygens (including phenoxy) is 3. The maximum atomic E-state index is 13.3. The second-order valence-electron chi connectivity index (χ2n) is 15.0. The molecule has 1 aliphatic heterocycles. The first-order valence-corrected chi connectivity index (χ1v) is 18.0. The number of carbonyl (C=O) groups excluding carboxylic acids is 3. The van der Waals surface area contributed by atoms with E-state index in [9.17, 15) is 29.4 Å². The van der Waals surface area contributed by atoms with Gasteiger partial charge in [-0.25, -0.2) is 9.59 Å². The first kappa shape index (κ1) is 36.7. The fraction of sp³-hybridized carbons (Fsp3) is 0.829. The van der Waals surface area contributed by atoms with Gasteiger partial charge in [0.1, 0.15) is 0 Å². The molecule has 7 atom stereocenters. The van der Waals surface area contributed by atoms with Crippen molar-refractivity contribution in [3.63, 3.8) is 0 Å². The highest BCUT2D eigenvalue weighted by atomic mass is 16.6. The fourth-order valence-corrected chi connectivity index (χ4v) is 9.60. The molecule has 13 heteroatoms. The van der Waals surface area contributed by atoms with E-state index in [1.54, 1.807) is 13.0 Å². The number of rotatable bonds is 14. The first-order valence-electron chi connectivity index (χ1n) is 18.0. The summed E-state index contributed by atoms with van der Waals surface area (Å²) in [4.78, 5) is 51.1. The second-order valence-corrected chi connectivity index (χ2v) is 15.0. The predicted molar refractivity (Wildman–Crippen MR) is 175 cm³/mol. The van der Waals surface area contributed by atoms with Crippen LogP contribution in [0.1, 0.15) is 98.8 Å². The van der Waals surface area contributed by atoms with Crippen molar-refractivity contribution in [3.8, 4) is 0 Å². The number of carboxylic acid groups (broad SMARTS) is 1. The van der Waals surface area contributed by atoms with E-state index in [0.717, 1.165) is 19.3 Å². The summed E-state index contributed by atoms with van der Waals surface area (Å²) in [6.45, 7) is 8.78. The number of amides is 2. The van der Waals surface area contributed by atoms with E-state index < -0.39 is 54.1 Å². The van der Waals surface area contributed by atoms with Crippen LogP contribution in [0.2, 0.25) is 0 Å². The molecule has 5 fully saturated rings. The summed E-state index contributed by atoms with van der Waals surface area (Å²) in [5.74, 6) is -0.573. The Morgan fingerprint density at radius 2 is 1.52 bits per heavy atom. The molecular weight excluding hydrogens is 620 g/mol. The van der Waals surface area contributed by atoms with Crippen molar-refractivity contribution in [1.29, 1.82) is 0 Å². The lowest BCUT2D eigenvalue weighted by Crippen LogP contribution is -2.73. The highest BCUT2D eigenvalue weighted by Crippen LogP contribution is 2.55. The van der Waals surface area contributed by atoms with Gasteiger partial charge in [0.2, 0.25) is 17.5 Å². The molecule has 6 aliphatic rings. The van der Waals surface area contributed by atoms with Crippen LogP contribution in [0.25, 0.3) is 0 Å². The van der Waals surface area contributed by atoms with E-state index >= 15 is 0 Å². The molecule has 7 unspecified atom stereocenters. The van der Waals surface area contributed by atoms with Gasteiger partial charge in [-0.2, -0.15) is 0 Å². The van der Waals surface area contributed by atoms with Gasteiger partial charge >= 0.3 is 11.9 Å². The maximum absolute atomic E-state index is 13.3. The molecule has 6 N–H and O–H groups in total. The van der Waals surface area contributed by atoms with E-state index in [-0.39, 0.29) is 49.5 Å². The van der Waals surface area contributed by atoms with Crippen molar-refractivity contribution in [3.05, 3.63) is 11.6 Å². The minimum absolute atomic E-state index is 0.0202. The van der Waals surface area contributed by atoms with Crippen molar-refractivity contribution < 1.29 is 43.6 Å². The Hall–Kier alpha value is -2.58. The van der Waals surface area contributed by atoms with E-state index in [1.165, 1.54) is 33.1 Å². The molecule has 4 bridgehead atoms. The molecule has 0 aromatic heterocycles. The monoisotopic (exact) mass is 676 g/mol. The number of aliphatic hydroxyl groups excluding tert-OH is 1. The summed E-state index contributed by atoms with van der Waals surface area (Å²) >= 11 is 0. The Bertz CT molecular complexity index is 1200. The smallest absolute Gasteiger partial charge is 0.351 e. The number of carboxylic acids is 1. The molecule has 0 spiro atoms. The standard InChI is InChI=1S/C35H56N4O9/c1-6-25(7-2)47-28-13-24(32(43)46-8-3)12-26(30(28)37-19(4)40)39-35(33(44)45)17-27(42)31(38-20(5)41)29(48-35)18-36-34-14-21-9-22(15-34)11-23(10-21)16-34/h13,21-23,25-31,36,39,42H,6-12,14-18H2,1-5H3,(H,37,40)(H,38,41)(H,44,45). The van der Waals surface area contributed by atoms with E-state index in [2.05, 4.69) is 21.3 Å². The zero-order valence-corrected chi connectivity index (χ0v) is 29.1. The van der Waals surface area contributed by atoms with Gasteiger partial charge < -0.3 is 40.4 Å². The number of esters is 1. The zero-order valence-electron chi connectivity index (χ0n) is 29.1. The molecule has 1 heterocycles. The topological polar surface area (TPSA) is 185 Å². The molecule has 48 heavy (non-hydrogen) atoms. The Balaban J connectivity index is 1.44. The lowest BCUT2D eigenvalue weighted by molar-refractivity contribution is -0.216. The Morgan fingerprint density at radius 1 is 0.938 bits per heavy atom. The van der Waals surface area contributed by atoms with E-state index in [4.69, 9.17) is 14.2 Å². The largest absolute Gasteiger partial charge is 0.478 e. The molecule has 0 aromatic rings. The maximum Gasteiger partial charge on any atom is 0.351 e. The normalized spacial score (nSPS) is 38.7. The van der Waals surface area contributed by atoms with Crippen LogP contribution >= 0.6 is 0 Å². The molecule has 5 aliphatic carbocycles. The minimum Gasteiger partial charge on any atom is -0.478 e. The fourth-order valence-electron chi connectivity index (χ4n) is 9.60. The van der Waals surface area contributed by atoms with Gasteiger partial charge in [0, 0.05) is 44.0 Å². The number of carbonyl (C=O) groups is 4. The van der Waals surface area contributed by atoms with Crippen LogP contribution in [0.15, 0.2) is 11.6 Å². The van der Waals surface area contributed by atoms with Gasteiger partial charge in [-0.05, 0) is 88.5 Å². The van der Waals surface area contributed by atoms with Gasteiger partial charge in [-0.1, -0.05) is 13.8 Å². The van der Waals surface area contributed by atoms with Crippen molar-refractivity contribution in [2.24, 2.45) is 17.8 Å². The SMILES string of the molecule is CCOC(=O)C1=CC(OC(CC)CC)C(NC(C)=O)C(NC2(C(=O)O)CC(O)C(NC(C)=O)C(CNC34CC5CC(CC(C5)C3)C4)O2)C1. The molecular formula is C35H56N4O9. The number of hydrogen-bond donors (Lipinski definition) is 6. The van der Waals surface area contributed by atoms with Crippen LogP contribution in [0.3, 0.4) is 0 Å². The zero-order chi connectivity index (χ0) is 34.8. The Kier molecular flexibility index (Phi) is 11.6. The molecule has 1 saturated heterocycles.